The molecule has 0 unspecified atom stereocenters. The molecule has 1 aromatic carbocycles. The molecule has 1 saturated heterocycles. The van der Waals surface area contributed by atoms with Gasteiger partial charge in [-0.1, -0.05) is 18.6 Å². The molecular weight excluding hydrogens is 400 g/mol. The molecule has 146 valence electrons. The number of primary amides is 1. The molecule has 1 aromatic heterocycles. The number of amides is 2. The summed E-state index contributed by atoms with van der Waals surface area (Å²) in [5, 5.41) is 11.7. The van der Waals surface area contributed by atoms with Crippen molar-refractivity contribution < 1.29 is 18.0 Å². The Hall–Kier alpha value is -2.74. The number of benzene rings is 1. The Labute approximate surface area is 166 Å². The van der Waals surface area contributed by atoms with E-state index in [-0.39, 0.29) is 25.9 Å². The van der Waals surface area contributed by atoms with Gasteiger partial charge in [-0.05, 0) is 31.0 Å². The van der Waals surface area contributed by atoms with Crippen LogP contribution in [0.25, 0.3) is 0 Å². The fourth-order valence-electron chi connectivity index (χ4n) is 2.95. The molecule has 0 radical (unpaired) electrons. The van der Waals surface area contributed by atoms with Gasteiger partial charge in [0.25, 0.3) is 21.8 Å². The summed E-state index contributed by atoms with van der Waals surface area (Å²) < 4.78 is 27.0. The zero-order valence-electron chi connectivity index (χ0n) is 14.8. The molecule has 10 heteroatoms. The first kappa shape index (κ1) is 20.0. The van der Waals surface area contributed by atoms with Crippen LogP contribution in [0.5, 0.6) is 0 Å². The van der Waals surface area contributed by atoms with Crippen molar-refractivity contribution >= 4 is 38.2 Å². The Bertz CT molecular complexity index is 1060. The van der Waals surface area contributed by atoms with E-state index >= 15 is 0 Å². The Morgan fingerprint density at radius 2 is 1.82 bits per heavy atom. The summed E-state index contributed by atoms with van der Waals surface area (Å²) in [5.41, 5.74) is 5.58. The minimum Gasteiger partial charge on any atom is -0.366 e. The van der Waals surface area contributed by atoms with Crippen molar-refractivity contribution in [2.75, 3.05) is 18.4 Å². The standard InChI is InChI=1S/C18H18N4O4S2/c19-11-12-6-2-3-7-13(12)17(24)21-18-14(16(20)23)10-15(27-18)28(25,26)22-8-4-1-5-9-22/h2-3,6-7,10H,1,4-5,8-9H2,(H2,20,23)(H,21,24). The second kappa shape index (κ2) is 8.10. The first-order valence-corrected chi connectivity index (χ1v) is 10.8. The molecule has 3 rings (SSSR count). The summed E-state index contributed by atoms with van der Waals surface area (Å²) in [6.45, 7) is 0.840. The molecule has 1 aliphatic rings. The lowest BCUT2D eigenvalue weighted by Gasteiger charge is -2.25. The zero-order valence-corrected chi connectivity index (χ0v) is 16.5. The fraction of sp³-hybridized carbons (Fsp3) is 0.278. The lowest BCUT2D eigenvalue weighted by molar-refractivity contribution is 0.100. The van der Waals surface area contributed by atoms with Gasteiger partial charge in [0, 0.05) is 13.1 Å². The maximum atomic E-state index is 12.9. The zero-order chi connectivity index (χ0) is 20.3. The molecule has 1 aliphatic heterocycles. The van der Waals surface area contributed by atoms with Gasteiger partial charge < -0.3 is 11.1 Å². The summed E-state index contributed by atoms with van der Waals surface area (Å²) in [5.74, 6) is -1.47. The monoisotopic (exact) mass is 418 g/mol. The molecule has 8 nitrogen and oxygen atoms in total. The number of piperidine rings is 1. The van der Waals surface area contributed by atoms with Crippen LogP contribution < -0.4 is 11.1 Å². The van der Waals surface area contributed by atoms with Crippen LogP contribution >= 0.6 is 11.3 Å². The molecular formula is C18H18N4O4S2. The molecule has 3 N–H and O–H groups in total. The van der Waals surface area contributed by atoms with Crippen LogP contribution in [0.3, 0.4) is 0 Å². The number of nitrogens with two attached hydrogens (primary N) is 1. The van der Waals surface area contributed by atoms with Crippen LogP contribution in [0.15, 0.2) is 34.5 Å². The van der Waals surface area contributed by atoms with E-state index in [2.05, 4.69) is 5.32 Å². The van der Waals surface area contributed by atoms with Gasteiger partial charge in [-0.3, -0.25) is 9.59 Å². The fourth-order valence-corrected chi connectivity index (χ4v) is 5.99. The second-order valence-corrected chi connectivity index (χ2v) is 9.47. The average molecular weight is 419 g/mol. The summed E-state index contributed by atoms with van der Waals surface area (Å²) in [6, 6.07) is 9.30. The number of carbonyl (C=O) groups excluding carboxylic acids is 2. The van der Waals surface area contributed by atoms with E-state index in [0.29, 0.717) is 13.1 Å². The number of anilines is 1. The third-order valence-electron chi connectivity index (χ3n) is 4.40. The predicted molar refractivity (Wildman–Crippen MR) is 105 cm³/mol. The van der Waals surface area contributed by atoms with Gasteiger partial charge in [0.1, 0.15) is 9.21 Å². The lowest BCUT2D eigenvalue weighted by atomic mass is 10.1. The van der Waals surface area contributed by atoms with Crippen molar-refractivity contribution in [1.29, 1.82) is 5.26 Å². The van der Waals surface area contributed by atoms with Crippen LogP contribution in [0.1, 0.15) is 45.5 Å². The van der Waals surface area contributed by atoms with Gasteiger partial charge in [-0.2, -0.15) is 9.57 Å². The smallest absolute Gasteiger partial charge is 0.257 e. The third kappa shape index (κ3) is 3.91. The van der Waals surface area contributed by atoms with Crippen molar-refractivity contribution in [3.05, 3.63) is 47.0 Å². The summed E-state index contributed by atoms with van der Waals surface area (Å²) in [7, 11) is -3.77. The number of hydrogen-bond donors (Lipinski definition) is 2. The van der Waals surface area contributed by atoms with E-state index in [1.165, 1.54) is 22.5 Å². The van der Waals surface area contributed by atoms with Crippen LogP contribution in [-0.2, 0) is 10.0 Å². The number of sulfonamides is 1. The van der Waals surface area contributed by atoms with Crippen LogP contribution in [0.2, 0.25) is 0 Å². The first-order valence-electron chi connectivity index (χ1n) is 8.59. The average Bonchev–Trinajstić information content (AvgIpc) is 3.13. The molecule has 1 fully saturated rings. The Kier molecular flexibility index (Phi) is 5.79. The van der Waals surface area contributed by atoms with E-state index in [9.17, 15) is 18.0 Å². The molecule has 2 amide bonds. The van der Waals surface area contributed by atoms with Crippen molar-refractivity contribution in [3.8, 4) is 6.07 Å². The highest BCUT2D eigenvalue weighted by Gasteiger charge is 2.30. The van der Waals surface area contributed by atoms with Crippen LogP contribution in [0.4, 0.5) is 5.00 Å². The van der Waals surface area contributed by atoms with Crippen molar-refractivity contribution in [2.24, 2.45) is 5.73 Å². The normalized spacial score (nSPS) is 15.0. The maximum Gasteiger partial charge on any atom is 0.257 e. The summed E-state index contributed by atoms with van der Waals surface area (Å²) >= 11 is 0.780. The first-order chi connectivity index (χ1) is 13.3. The largest absolute Gasteiger partial charge is 0.366 e. The minimum absolute atomic E-state index is 0.0424. The molecule has 28 heavy (non-hydrogen) atoms. The van der Waals surface area contributed by atoms with Gasteiger partial charge in [0.2, 0.25) is 0 Å². The van der Waals surface area contributed by atoms with E-state index < -0.39 is 21.8 Å². The highest BCUT2D eigenvalue weighted by molar-refractivity contribution is 7.91. The van der Waals surface area contributed by atoms with E-state index in [1.54, 1.807) is 12.1 Å². The molecule has 0 aliphatic carbocycles. The highest BCUT2D eigenvalue weighted by Crippen LogP contribution is 2.34. The van der Waals surface area contributed by atoms with Gasteiger partial charge >= 0.3 is 0 Å². The van der Waals surface area contributed by atoms with Crippen LogP contribution in [0, 0.1) is 11.3 Å². The Morgan fingerprint density at radius 1 is 1.14 bits per heavy atom. The van der Waals surface area contributed by atoms with Gasteiger partial charge in [0.15, 0.2) is 0 Å². The number of hydrogen-bond acceptors (Lipinski definition) is 6. The molecule has 0 bridgehead atoms. The highest BCUT2D eigenvalue weighted by atomic mass is 32.2. The number of rotatable bonds is 5. The van der Waals surface area contributed by atoms with Crippen molar-refractivity contribution in [1.82, 2.24) is 4.31 Å². The SMILES string of the molecule is N#Cc1ccccc1C(=O)Nc1sc(S(=O)(=O)N2CCCCC2)cc1C(N)=O. The maximum absolute atomic E-state index is 12.9. The molecule has 0 saturated carbocycles. The van der Waals surface area contributed by atoms with E-state index in [4.69, 9.17) is 11.0 Å². The quantitative estimate of drug-likeness (QED) is 0.767. The topological polar surface area (TPSA) is 133 Å². The number of carbonyl (C=O) groups is 2. The van der Waals surface area contributed by atoms with E-state index in [0.717, 1.165) is 30.6 Å². The number of nitriles is 1. The third-order valence-corrected chi connectivity index (χ3v) is 7.80. The van der Waals surface area contributed by atoms with Gasteiger partial charge in [-0.15, -0.1) is 11.3 Å². The number of thiophene rings is 1. The lowest BCUT2D eigenvalue weighted by Crippen LogP contribution is -2.35. The van der Waals surface area contributed by atoms with Gasteiger partial charge in [-0.25, -0.2) is 8.42 Å². The van der Waals surface area contributed by atoms with Crippen molar-refractivity contribution in [3.63, 3.8) is 0 Å². The van der Waals surface area contributed by atoms with Gasteiger partial charge in [0.05, 0.1) is 22.8 Å². The Balaban J connectivity index is 1.94. The molecule has 0 atom stereocenters. The summed E-state index contributed by atoms with van der Waals surface area (Å²) in [4.78, 5) is 24.4. The molecule has 2 aromatic rings. The van der Waals surface area contributed by atoms with Crippen molar-refractivity contribution in [2.45, 2.75) is 23.5 Å². The molecule has 2 heterocycles. The Morgan fingerprint density at radius 3 is 2.46 bits per heavy atom. The summed E-state index contributed by atoms with van der Waals surface area (Å²) in [6.07, 6.45) is 2.53. The van der Waals surface area contributed by atoms with Crippen LogP contribution in [-0.4, -0.2) is 37.6 Å². The minimum atomic E-state index is -3.77. The molecule has 0 spiro atoms. The number of nitrogens with one attached hydrogen (secondary N) is 1. The predicted octanol–water partition coefficient (Wildman–Crippen LogP) is 2.15. The number of nitrogens with zero attached hydrogens (tertiary/aromatic N) is 2. The van der Waals surface area contributed by atoms with E-state index in [1.807, 2.05) is 6.07 Å². The second-order valence-electron chi connectivity index (χ2n) is 6.25.